The predicted octanol–water partition coefficient (Wildman–Crippen LogP) is 3.65. The topological polar surface area (TPSA) is 75.5 Å². The number of fused-ring (bicyclic) bond motifs is 1. The van der Waals surface area contributed by atoms with E-state index < -0.39 is 22.8 Å². The zero-order chi connectivity index (χ0) is 25.3. The van der Waals surface area contributed by atoms with E-state index in [1.54, 1.807) is 41.2 Å². The third kappa shape index (κ3) is 4.58. The Morgan fingerprint density at radius 2 is 2.03 bits per heavy atom. The second-order valence-corrected chi connectivity index (χ2v) is 8.57. The van der Waals surface area contributed by atoms with Gasteiger partial charge in [0, 0.05) is 57.7 Å². The van der Waals surface area contributed by atoms with Gasteiger partial charge in [0.05, 0.1) is 16.5 Å². The van der Waals surface area contributed by atoms with Crippen molar-refractivity contribution in [2.45, 2.75) is 33.4 Å². The van der Waals surface area contributed by atoms with Crippen molar-refractivity contribution < 1.29 is 18.4 Å². The lowest BCUT2D eigenvalue weighted by Gasteiger charge is -2.40. The molecule has 4 rings (SSSR count). The number of pyridine rings is 2. The summed E-state index contributed by atoms with van der Waals surface area (Å²) in [7, 11) is 0. The highest BCUT2D eigenvalue weighted by molar-refractivity contribution is 6.08. The van der Waals surface area contributed by atoms with E-state index in [4.69, 9.17) is 0 Å². The molecule has 1 atom stereocenters. The van der Waals surface area contributed by atoms with E-state index in [2.05, 4.69) is 4.98 Å². The van der Waals surface area contributed by atoms with Gasteiger partial charge in [-0.25, -0.2) is 8.78 Å². The van der Waals surface area contributed by atoms with Crippen molar-refractivity contribution in [3.05, 3.63) is 75.9 Å². The molecular formula is C26H26F2N4O3. The summed E-state index contributed by atoms with van der Waals surface area (Å²) in [6, 6.07) is 4.25. The zero-order valence-electron chi connectivity index (χ0n) is 19.8. The van der Waals surface area contributed by atoms with E-state index >= 15 is 8.78 Å². The minimum atomic E-state index is -0.881. The Kier molecular flexibility index (Phi) is 6.77. The molecular weight excluding hydrogens is 454 g/mol. The van der Waals surface area contributed by atoms with Crippen LogP contribution in [-0.4, -0.2) is 51.8 Å². The molecule has 1 unspecified atom stereocenters. The molecule has 7 nitrogen and oxygen atoms in total. The summed E-state index contributed by atoms with van der Waals surface area (Å²) in [4.78, 5) is 44.9. The maximum Gasteiger partial charge on any atom is 0.219 e. The van der Waals surface area contributed by atoms with Crippen LogP contribution < -0.4 is 10.3 Å². The second-order valence-electron chi connectivity index (χ2n) is 8.57. The summed E-state index contributed by atoms with van der Waals surface area (Å²) in [5, 5.41) is -0.193. The van der Waals surface area contributed by atoms with Gasteiger partial charge in [0.15, 0.2) is 11.6 Å². The smallest absolute Gasteiger partial charge is 0.219 e. The number of carbonyl (C=O) groups is 2. The highest BCUT2D eigenvalue weighted by Crippen LogP contribution is 2.31. The standard InChI is InChI=1S/C26H26F2N4O3/c1-4-30-15-20(22(34)8-7-18-6-5-9-29-13-18)26(35)19-12-21(27)25(23(28)24(19)30)31-10-11-32(17(3)33)16(2)14-31/h5-9,12-13,15-16H,4,10-11,14H2,1-3H3. The molecule has 0 N–H and O–H groups in total. The van der Waals surface area contributed by atoms with Crippen LogP contribution >= 0.6 is 0 Å². The van der Waals surface area contributed by atoms with Crippen molar-refractivity contribution in [1.82, 2.24) is 14.5 Å². The molecule has 0 bridgehead atoms. The van der Waals surface area contributed by atoms with Crippen LogP contribution in [0.2, 0.25) is 0 Å². The number of aromatic nitrogens is 2. The van der Waals surface area contributed by atoms with E-state index in [1.807, 2.05) is 6.92 Å². The summed E-state index contributed by atoms with van der Waals surface area (Å²) < 4.78 is 32.5. The molecule has 1 saturated heterocycles. The average molecular weight is 481 g/mol. The van der Waals surface area contributed by atoms with E-state index in [0.29, 0.717) is 12.1 Å². The zero-order valence-corrected chi connectivity index (χ0v) is 19.8. The van der Waals surface area contributed by atoms with Crippen LogP contribution in [0.5, 0.6) is 0 Å². The Bertz CT molecular complexity index is 1390. The van der Waals surface area contributed by atoms with E-state index in [1.165, 1.54) is 29.8 Å². The third-order valence-corrected chi connectivity index (χ3v) is 6.30. The van der Waals surface area contributed by atoms with Crippen LogP contribution in [-0.2, 0) is 11.3 Å². The molecule has 1 aliphatic rings. The van der Waals surface area contributed by atoms with Gasteiger partial charge in [0.2, 0.25) is 11.3 Å². The first-order valence-electron chi connectivity index (χ1n) is 11.4. The van der Waals surface area contributed by atoms with E-state index in [9.17, 15) is 14.4 Å². The highest BCUT2D eigenvalue weighted by Gasteiger charge is 2.30. The molecule has 3 aromatic rings. The largest absolute Gasteiger partial charge is 0.363 e. The Morgan fingerprint density at radius 3 is 2.66 bits per heavy atom. The number of benzene rings is 1. The van der Waals surface area contributed by atoms with E-state index in [-0.39, 0.29) is 53.7 Å². The SMILES string of the molecule is CCn1cc(C(=O)C=Cc2cccnc2)c(=O)c2cc(F)c(N3CCN(C(C)=O)C(C)C3)c(F)c21. The summed E-state index contributed by atoms with van der Waals surface area (Å²) in [6.45, 7) is 6.15. The third-order valence-electron chi connectivity index (χ3n) is 6.30. The second kappa shape index (κ2) is 9.77. The van der Waals surface area contributed by atoms with Gasteiger partial charge < -0.3 is 14.4 Å². The first-order valence-corrected chi connectivity index (χ1v) is 11.4. The quantitative estimate of drug-likeness (QED) is 0.412. The molecule has 3 heterocycles. The van der Waals surface area contributed by atoms with Crippen LogP contribution in [0.1, 0.15) is 36.7 Å². The lowest BCUT2D eigenvalue weighted by molar-refractivity contribution is -0.131. The molecule has 0 spiro atoms. The van der Waals surface area contributed by atoms with Crippen LogP contribution in [0.4, 0.5) is 14.5 Å². The Labute approximate surface area is 201 Å². The lowest BCUT2D eigenvalue weighted by Crippen LogP contribution is -2.54. The summed E-state index contributed by atoms with van der Waals surface area (Å²) in [5.41, 5.74) is -0.509. The first-order chi connectivity index (χ1) is 16.7. The van der Waals surface area contributed by atoms with Crippen molar-refractivity contribution in [1.29, 1.82) is 0 Å². The summed E-state index contributed by atoms with van der Waals surface area (Å²) >= 11 is 0. The highest BCUT2D eigenvalue weighted by atomic mass is 19.1. The van der Waals surface area contributed by atoms with Gasteiger partial charge in [0.25, 0.3) is 0 Å². The number of hydrogen-bond donors (Lipinski definition) is 0. The fourth-order valence-electron chi connectivity index (χ4n) is 4.56. The number of hydrogen-bond acceptors (Lipinski definition) is 5. The van der Waals surface area contributed by atoms with Crippen molar-refractivity contribution in [3.8, 4) is 0 Å². The molecule has 2 aromatic heterocycles. The minimum Gasteiger partial charge on any atom is -0.363 e. The van der Waals surface area contributed by atoms with Crippen molar-refractivity contribution in [2.75, 3.05) is 24.5 Å². The normalized spacial score (nSPS) is 16.3. The number of anilines is 1. The summed E-state index contributed by atoms with van der Waals surface area (Å²) in [6.07, 6.45) is 7.26. The van der Waals surface area contributed by atoms with Gasteiger partial charge in [-0.3, -0.25) is 19.4 Å². The number of piperazine rings is 1. The van der Waals surface area contributed by atoms with Crippen LogP contribution in [0.3, 0.4) is 0 Å². The molecule has 1 amide bonds. The lowest BCUT2D eigenvalue weighted by atomic mass is 10.0. The molecule has 1 fully saturated rings. The number of ketones is 1. The number of allylic oxidation sites excluding steroid dienone is 1. The summed E-state index contributed by atoms with van der Waals surface area (Å²) in [5.74, 6) is -2.39. The van der Waals surface area contributed by atoms with Gasteiger partial charge in [-0.05, 0) is 43.7 Å². The maximum atomic E-state index is 15.8. The fourth-order valence-corrected chi connectivity index (χ4v) is 4.56. The molecule has 1 aromatic carbocycles. The molecule has 0 aliphatic carbocycles. The number of nitrogens with zero attached hydrogens (tertiary/aromatic N) is 4. The maximum absolute atomic E-state index is 15.8. The van der Waals surface area contributed by atoms with Crippen LogP contribution in [0, 0.1) is 11.6 Å². The number of rotatable bonds is 5. The molecule has 35 heavy (non-hydrogen) atoms. The molecule has 9 heteroatoms. The van der Waals surface area contributed by atoms with Crippen molar-refractivity contribution in [2.24, 2.45) is 0 Å². The van der Waals surface area contributed by atoms with Gasteiger partial charge >= 0.3 is 0 Å². The molecule has 1 aliphatic heterocycles. The molecule has 182 valence electrons. The van der Waals surface area contributed by atoms with Crippen LogP contribution in [0.15, 0.2) is 47.7 Å². The number of amides is 1. The number of carbonyl (C=O) groups excluding carboxylic acids is 2. The van der Waals surface area contributed by atoms with Crippen molar-refractivity contribution in [3.63, 3.8) is 0 Å². The Hall–Kier alpha value is -3.88. The number of aryl methyl sites for hydroxylation is 1. The van der Waals surface area contributed by atoms with Gasteiger partial charge in [-0.2, -0.15) is 0 Å². The monoisotopic (exact) mass is 480 g/mol. The van der Waals surface area contributed by atoms with Gasteiger partial charge in [-0.1, -0.05) is 6.07 Å². The average Bonchev–Trinajstić information content (AvgIpc) is 2.83. The van der Waals surface area contributed by atoms with E-state index in [0.717, 1.165) is 6.07 Å². The van der Waals surface area contributed by atoms with Crippen LogP contribution in [0.25, 0.3) is 17.0 Å². The Balaban J connectivity index is 1.77. The number of halogens is 2. The van der Waals surface area contributed by atoms with Crippen molar-refractivity contribution >= 4 is 34.4 Å². The molecule has 0 saturated carbocycles. The predicted molar refractivity (Wildman–Crippen MR) is 130 cm³/mol. The molecule has 0 radical (unpaired) electrons. The first kappa shape index (κ1) is 24.3. The Morgan fingerprint density at radius 1 is 1.26 bits per heavy atom. The van der Waals surface area contributed by atoms with Gasteiger partial charge in [-0.15, -0.1) is 0 Å². The fraction of sp³-hybridized carbons (Fsp3) is 0.308. The van der Waals surface area contributed by atoms with Gasteiger partial charge in [0.1, 0.15) is 11.5 Å². The minimum absolute atomic E-state index is 0.0525.